The number of hydrogen-bond acceptors (Lipinski definition) is 5. The molecule has 4 aromatic rings. The second-order valence-corrected chi connectivity index (χ2v) is 6.97. The number of nitrogens with zero attached hydrogens (tertiary/aromatic N) is 2. The zero-order valence-corrected chi connectivity index (χ0v) is 16.6. The van der Waals surface area contributed by atoms with Crippen molar-refractivity contribution in [2.24, 2.45) is 0 Å². The summed E-state index contributed by atoms with van der Waals surface area (Å²) in [5.41, 5.74) is 0.168. The molecular weight excluding hydrogens is 418 g/mol. The van der Waals surface area contributed by atoms with E-state index in [4.69, 9.17) is 4.74 Å². The van der Waals surface area contributed by atoms with Gasteiger partial charge in [-0.05, 0) is 29.8 Å². The average Bonchev–Trinajstić information content (AvgIpc) is 2.81. The molecule has 160 valence electrons. The van der Waals surface area contributed by atoms with Gasteiger partial charge in [0, 0.05) is 10.9 Å². The third-order valence-electron chi connectivity index (χ3n) is 4.81. The van der Waals surface area contributed by atoms with Crippen molar-refractivity contribution in [1.82, 2.24) is 9.78 Å². The van der Waals surface area contributed by atoms with Gasteiger partial charge in [0.05, 0.1) is 11.9 Å². The molecule has 0 atom stereocenters. The van der Waals surface area contributed by atoms with Crippen LogP contribution in [-0.2, 0) is 11.3 Å². The summed E-state index contributed by atoms with van der Waals surface area (Å²) in [4.78, 5) is 37.8. The Balaban J connectivity index is 1.63. The molecule has 0 fully saturated rings. The Bertz CT molecular complexity index is 1380. The van der Waals surface area contributed by atoms with Gasteiger partial charge in [0.2, 0.25) is 0 Å². The average molecular weight is 434 g/mol. The first-order chi connectivity index (χ1) is 15.4. The number of ether oxygens (including phenoxy) is 1. The molecular formula is C24H16F2N2O4. The Hall–Kier alpha value is -4.20. The molecule has 0 aliphatic heterocycles. The molecule has 0 N–H and O–H groups in total. The van der Waals surface area contributed by atoms with Crippen LogP contribution in [0, 0.1) is 11.6 Å². The molecule has 0 bridgehead atoms. The van der Waals surface area contributed by atoms with Gasteiger partial charge in [-0.1, -0.05) is 48.5 Å². The summed E-state index contributed by atoms with van der Waals surface area (Å²) in [6.07, 6.45) is 0. The minimum atomic E-state index is -1.18. The number of rotatable bonds is 6. The van der Waals surface area contributed by atoms with Crippen LogP contribution in [0.5, 0.6) is 0 Å². The summed E-state index contributed by atoms with van der Waals surface area (Å²) < 4.78 is 32.7. The summed E-state index contributed by atoms with van der Waals surface area (Å²) in [6, 6.07) is 18.2. The second kappa shape index (κ2) is 8.89. The predicted octanol–water partition coefficient (Wildman–Crippen LogP) is 3.76. The lowest BCUT2D eigenvalue weighted by Gasteiger charge is -2.11. The lowest BCUT2D eigenvalue weighted by atomic mass is 10.1. The molecule has 0 saturated carbocycles. The first-order valence-corrected chi connectivity index (χ1v) is 9.63. The molecule has 0 radical (unpaired) electrons. The normalized spacial score (nSPS) is 10.8. The smallest absolute Gasteiger partial charge is 0.359 e. The van der Waals surface area contributed by atoms with Gasteiger partial charge in [-0.2, -0.15) is 5.10 Å². The van der Waals surface area contributed by atoms with Gasteiger partial charge in [-0.25, -0.2) is 18.3 Å². The topological polar surface area (TPSA) is 78.3 Å². The van der Waals surface area contributed by atoms with Gasteiger partial charge in [-0.3, -0.25) is 9.59 Å². The molecule has 1 heterocycles. The van der Waals surface area contributed by atoms with Crippen molar-refractivity contribution >= 4 is 22.5 Å². The quantitative estimate of drug-likeness (QED) is 0.341. The summed E-state index contributed by atoms with van der Waals surface area (Å²) >= 11 is 0. The lowest BCUT2D eigenvalue weighted by Crippen LogP contribution is -2.27. The third kappa shape index (κ3) is 4.29. The number of carbonyl (C=O) groups excluding carboxylic acids is 2. The van der Waals surface area contributed by atoms with E-state index in [0.29, 0.717) is 0 Å². The van der Waals surface area contributed by atoms with Crippen LogP contribution < -0.4 is 5.56 Å². The van der Waals surface area contributed by atoms with Gasteiger partial charge in [0.25, 0.3) is 5.56 Å². The van der Waals surface area contributed by atoms with Crippen LogP contribution in [0.2, 0.25) is 0 Å². The summed E-state index contributed by atoms with van der Waals surface area (Å²) in [7, 11) is 0. The van der Waals surface area contributed by atoms with Crippen LogP contribution in [0.3, 0.4) is 0 Å². The van der Waals surface area contributed by atoms with Gasteiger partial charge in [0.1, 0.15) is 0 Å². The van der Waals surface area contributed by atoms with E-state index in [2.05, 4.69) is 5.10 Å². The van der Waals surface area contributed by atoms with Crippen LogP contribution in [0.1, 0.15) is 26.4 Å². The first-order valence-electron chi connectivity index (χ1n) is 9.63. The van der Waals surface area contributed by atoms with E-state index >= 15 is 0 Å². The second-order valence-electron chi connectivity index (χ2n) is 6.97. The van der Waals surface area contributed by atoms with Crippen molar-refractivity contribution < 1.29 is 23.1 Å². The molecule has 0 aliphatic carbocycles. The van der Waals surface area contributed by atoms with E-state index in [0.717, 1.165) is 28.4 Å². The van der Waals surface area contributed by atoms with E-state index < -0.39 is 30.0 Å². The molecule has 32 heavy (non-hydrogen) atoms. The van der Waals surface area contributed by atoms with Crippen LogP contribution in [0.4, 0.5) is 8.78 Å². The number of halogens is 2. The van der Waals surface area contributed by atoms with E-state index in [1.807, 2.05) is 30.3 Å². The van der Waals surface area contributed by atoms with Crippen molar-refractivity contribution in [3.05, 3.63) is 112 Å². The highest BCUT2D eigenvalue weighted by atomic mass is 19.2. The van der Waals surface area contributed by atoms with Crippen molar-refractivity contribution in [1.29, 1.82) is 0 Å². The highest BCUT2D eigenvalue weighted by Crippen LogP contribution is 2.16. The molecule has 0 amide bonds. The Morgan fingerprint density at radius 2 is 1.56 bits per heavy atom. The van der Waals surface area contributed by atoms with Crippen molar-refractivity contribution in [3.8, 4) is 0 Å². The molecule has 0 unspecified atom stereocenters. The third-order valence-corrected chi connectivity index (χ3v) is 4.81. The summed E-state index contributed by atoms with van der Waals surface area (Å²) in [5.74, 6) is -3.89. The number of carbonyl (C=O) groups is 2. The Morgan fingerprint density at radius 3 is 2.28 bits per heavy atom. The number of benzene rings is 3. The van der Waals surface area contributed by atoms with Gasteiger partial charge >= 0.3 is 5.97 Å². The van der Waals surface area contributed by atoms with Gasteiger partial charge < -0.3 is 4.74 Å². The largest absolute Gasteiger partial charge is 0.452 e. The number of Topliss-reactive ketones (excluding diaryl/α,β-unsaturated/α-hetero) is 1. The van der Waals surface area contributed by atoms with Gasteiger partial charge in [0.15, 0.2) is 29.7 Å². The minimum Gasteiger partial charge on any atom is -0.452 e. The van der Waals surface area contributed by atoms with Gasteiger partial charge in [-0.15, -0.1) is 0 Å². The van der Waals surface area contributed by atoms with E-state index in [9.17, 15) is 23.2 Å². The maximum absolute atomic E-state index is 13.4. The van der Waals surface area contributed by atoms with Crippen molar-refractivity contribution in [3.63, 3.8) is 0 Å². The summed E-state index contributed by atoms with van der Waals surface area (Å²) in [6.45, 7) is -0.559. The summed E-state index contributed by atoms with van der Waals surface area (Å²) in [5, 5.41) is 4.74. The molecule has 0 aliphatic rings. The van der Waals surface area contributed by atoms with E-state index in [-0.39, 0.29) is 34.1 Å². The van der Waals surface area contributed by atoms with Crippen LogP contribution >= 0.6 is 0 Å². The molecule has 1 aromatic heterocycles. The molecule has 8 heteroatoms. The Morgan fingerprint density at radius 1 is 0.875 bits per heavy atom. The number of ketones is 1. The Labute approximate surface area is 180 Å². The first kappa shape index (κ1) is 21.0. The maximum atomic E-state index is 13.4. The number of esters is 1. The van der Waals surface area contributed by atoms with Crippen molar-refractivity contribution in [2.45, 2.75) is 6.54 Å². The highest BCUT2D eigenvalue weighted by Gasteiger charge is 2.20. The molecule has 4 rings (SSSR count). The van der Waals surface area contributed by atoms with Crippen molar-refractivity contribution in [2.75, 3.05) is 6.61 Å². The fourth-order valence-electron chi connectivity index (χ4n) is 3.20. The monoisotopic (exact) mass is 434 g/mol. The van der Waals surface area contributed by atoms with Crippen LogP contribution in [-0.4, -0.2) is 28.1 Å². The molecule has 0 spiro atoms. The Kier molecular flexibility index (Phi) is 5.85. The SMILES string of the molecule is O=C(COC(=O)c1nn(Cc2ccccc2)c(=O)c2ccccc12)c1ccc(F)c(F)c1. The minimum absolute atomic E-state index is 0.130. The van der Waals surface area contributed by atoms with Crippen LogP contribution in [0.25, 0.3) is 10.8 Å². The molecule has 3 aromatic carbocycles. The lowest BCUT2D eigenvalue weighted by molar-refractivity contribution is 0.0468. The van der Waals surface area contributed by atoms with E-state index in [1.165, 1.54) is 0 Å². The zero-order valence-electron chi connectivity index (χ0n) is 16.6. The predicted molar refractivity (Wildman–Crippen MR) is 113 cm³/mol. The standard InChI is InChI=1S/C24H16F2N2O4/c25-19-11-10-16(12-20(19)26)21(29)14-32-24(31)22-17-8-4-5-9-18(17)23(30)28(27-22)13-15-6-2-1-3-7-15/h1-12H,13-14H2. The molecule has 0 saturated heterocycles. The van der Waals surface area contributed by atoms with Crippen LogP contribution in [0.15, 0.2) is 77.6 Å². The molecule has 6 nitrogen and oxygen atoms in total. The van der Waals surface area contributed by atoms with E-state index in [1.54, 1.807) is 24.3 Å². The number of fused-ring (bicyclic) bond motifs is 1. The zero-order chi connectivity index (χ0) is 22.7. The fraction of sp³-hybridized carbons (Fsp3) is 0.0833. The fourth-order valence-corrected chi connectivity index (χ4v) is 3.20. The maximum Gasteiger partial charge on any atom is 0.359 e. The number of aromatic nitrogens is 2. The number of hydrogen-bond donors (Lipinski definition) is 0. The highest BCUT2D eigenvalue weighted by molar-refractivity contribution is 6.04.